The highest BCUT2D eigenvalue weighted by Gasteiger charge is 2.39. The molecular weight excluding hydrogens is 353 g/mol. The number of aliphatic hydroxyl groups is 2. The second-order valence-corrected chi connectivity index (χ2v) is 6.57. The van der Waals surface area contributed by atoms with Crippen molar-refractivity contribution in [2.24, 2.45) is 5.92 Å². The van der Waals surface area contributed by atoms with Crippen LogP contribution in [0.15, 0.2) is 24.7 Å². The fourth-order valence-electron chi connectivity index (χ4n) is 2.76. The van der Waals surface area contributed by atoms with E-state index in [1.54, 1.807) is 0 Å². The Hall–Kier alpha value is -1.91. The Labute approximate surface area is 148 Å². The van der Waals surface area contributed by atoms with Crippen LogP contribution in [0.4, 0.5) is 19.0 Å². The van der Waals surface area contributed by atoms with Crippen LogP contribution in [0.1, 0.15) is 18.5 Å². The summed E-state index contributed by atoms with van der Waals surface area (Å²) in [6.45, 7) is 4.21. The van der Waals surface area contributed by atoms with Gasteiger partial charge in [0, 0.05) is 12.2 Å². The molecule has 2 fully saturated rings. The van der Waals surface area contributed by atoms with Crippen LogP contribution in [0.25, 0.3) is 0 Å². The number of ether oxygens (including phenoxy) is 1. The van der Waals surface area contributed by atoms with E-state index in [9.17, 15) is 23.4 Å². The SMILES string of the molecule is C=C(NC[C@H]1OC[C@H](Nc2cncc(C(F)(F)F)n2)[C@@H](O)[C@H]1O)C1CC1. The van der Waals surface area contributed by atoms with Crippen molar-refractivity contribution in [3.63, 3.8) is 0 Å². The van der Waals surface area contributed by atoms with E-state index in [1.807, 2.05) is 0 Å². The van der Waals surface area contributed by atoms with E-state index in [0.29, 0.717) is 18.7 Å². The largest absolute Gasteiger partial charge is 0.434 e. The van der Waals surface area contributed by atoms with Gasteiger partial charge < -0.3 is 25.6 Å². The molecule has 0 spiro atoms. The summed E-state index contributed by atoms with van der Waals surface area (Å²) in [6, 6.07) is -0.814. The van der Waals surface area contributed by atoms with E-state index in [-0.39, 0.29) is 12.4 Å². The molecule has 0 unspecified atom stereocenters. The monoisotopic (exact) mass is 374 g/mol. The van der Waals surface area contributed by atoms with Crippen LogP contribution in [0.5, 0.6) is 0 Å². The highest BCUT2D eigenvalue weighted by Crippen LogP contribution is 2.34. The lowest BCUT2D eigenvalue weighted by molar-refractivity contribution is -0.141. The molecule has 1 aromatic heterocycles. The predicted molar refractivity (Wildman–Crippen MR) is 86.1 cm³/mol. The molecule has 7 nitrogen and oxygen atoms in total. The number of nitrogens with one attached hydrogen (secondary N) is 2. The van der Waals surface area contributed by atoms with Crippen LogP contribution in [0.3, 0.4) is 0 Å². The lowest BCUT2D eigenvalue weighted by atomic mass is 9.98. The van der Waals surface area contributed by atoms with E-state index in [0.717, 1.165) is 24.7 Å². The molecule has 2 aliphatic rings. The quantitative estimate of drug-likeness (QED) is 0.587. The summed E-state index contributed by atoms with van der Waals surface area (Å²) in [5.74, 6) is 0.299. The Morgan fingerprint density at radius 1 is 1.27 bits per heavy atom. The van der Waals surface area contributed by atoms with Crippen molar-refractivity contribution in [2.45, 2.75) is 43.4 Å². The minimum atomic E-state index is -4.62. The minimum absolute atomic E-state index is 0.00158. The van der Waals surface area contributed by atoms with E-state index in [1.165, 1.54) is 0 Å². The second-order valence-electron chi connectivity index (χ2n) is 6.57. The van der Waals surface area contributed by atoms with Crippen molar-refractivity contribution in [2.75, 3.05) is 18.5 Å². The molecule has 1 aliphatic heterocycles. The molecular formula is C16H21F3N4O3. The van der Waals surface area contributed by atoms with Crippen molar-refractivity contribution >= 4 is 5.82 Å². The van der Waals surface area contributed by atoms with E-state index in [4.69, 9.17) is 4.74 Å². The molecule has 26 heavy (non-hydrogen) atoms. The van der Waals surface area contributed by atoms with Crippen molar-refractivity contribution in [1.82, 2.24) is 15.3 Å². The molecule has 1 aromatic rings. The lowest BCUT2D eigenvalue weighted by Gasteiger charge is -2.38. The van der Waals surface area contributed by atoms with Gasteiger partial charge in [-0.3, -0.25) is 4.98 Å². The summed E-state index contributed by atoms with van der Waals surface area (Å²) in [5, 5.41) is 26.2. The lowest BCUT2D eigenvalue weighted by Crippen LogP contribution is -2.58. The van der Waals surface area contributed by atoms with Crippen LogP contribution in [-0.4, -0.2) is 57.7 Å². The van der Waals surface area contributed by atoms with Crippen molar-refractivity contribution < 1.29 is 28.1 Å². The van der Waals surface area contributed by atoms with Gasteiger partial charge in [-0.2, -0.15) is 13.2 Å². The number of alkyl halides is 3. The van der Waals surface area contributed by atoms with Gasteiger partial charge in [-0.05, 0) is 18.8 Å². The Balaban J connectivity index is 1.56. The summed E-state index contributed by atoms with van der Waals surface area (Å²) in [5.41, 5.74) is -0.260. The van der Waals surface area contributed by atoms with Crippen LogP contribution in [0.2, 0.25) is 0 Å². The third-order valence-electron chi connectivity index (χ3n) is 4.49. The van der Waals surface area contributed by atoms with Crippen molar-refractivity contribution in [3.8, 4) is 0 Å². The van der Waals surface area contributed by atoms with E-state index < -0.39 is 36.2 Å². The molecule has 1 saturated heterocycles. The number of allylic oxidation sites excluding steroid dienone is 1. The highest BCUT2D eigenvalue weighted by molar-refractivity contribution is 5.34. The molecule has 0 radical (unpaired) electrons. The zero-order valence-corrected chi connectivity index (χ0v) is 13.9. The number of hydrogen-bond acceptors (Lipinski definition) is 7. The van der Waals surface area contributed by atoms with Gasteiger partial charge in [0.1, 0.15) is 24.1 Å². The second kappa shape index (κ2) is 7.37. The number of rotatable bonds is 6. The first kappa shape index (κ1) is 18.9. The molecule has 144 valence electrons. The van der Waals surface area contributed by atoms with Gasteiger partial charge in [0.05, 0.1) is 25.0 Å². The summed E-state index contributed by atoms with van der Waals surface area (Å²) in [4.78, 5) is 6.93. The average molecular weight is 374 g/mol. The number of hydrogen-bond donors (Lipinski definition) is 4. The standard InChI is InChI=1S/C16H21F3N4O3/c1-8(9-2-3-9)21-4-11-15(25)14(24)10(7-26-11)22-13-6-20-5-12(23-13)16(17,18)19/h5-6,9-11,14-15,21,24-25H,1-4,7H2,(H,22,23)/t10-,11+,14+,15-/m0/s1. The smallest absolute Gasteiger partial charge is 0.388 e. The summed E-state index contributed by atoms with van der Waals surface area (Å²) in [7, 11) is 0. The first-order valence-corrected chi connectivity index (χ1v) is 8.32. The fourth-order valence-corrected chi connectivity index (χ4v) is 2.76. The topological polar surface area (TPSA) is 99.5 Å². The van der Waals surface area contributed by atoms with Crippen molar-refractivity contribution in [3.05, 3.63) is 30.4 Å². The van der Waals surface area contributed by atoms with Gasteiger partial charge in [0.2, 0.25) is 0 Å². The number of aromatic nitrogens is 2. The fraction of sp³-hybridized carbons (Fsp3) is 0.625. The summed E-state index contributed by atoms with van der Waals surface area (Å²) in [6.07, 6.45) is -3.80. The van der Waals surface area contributed by atoms with Crippen LogP contribution in [0, 0.1) is 5.92 Å². The molecule has 4 N–H and O–H groups in total. The van der Waals surface area contributed by atoms with Crippen LogP contribution in [-0.2, 0) is 10.9 Å². The van der Waals surface area contributed by atoms with Gasteiger partial charge in [-0.25, -0.2) is 4.98 Å². The molecule has 0 aromatic carbocycles. The number of halogens is 3. The molecule has 1 saturated carbocycles. The Kier molecular flexibility index (Phi) is 5.35. The number of anilines is 1. The first-order chi connectivity index (χ1) is 12.3. The summed E-state index contributed by atoms with van der Waals surface area (Å²) >= 11 is 0. The molecule has 0 bridgehead atoms. The Bertz CT molecular complexity index is 654. The zero-order chi connectivity index (χ0) is 18.9. The zero-order valence-electron chi connectivity index (χ0n) is 13.9. The maximum atomic E-state index is 12.7. The number of aliphatic hydroxyl groups excluding tert-OH is 2. The molecule has 2 heterocycles. The highest BCUT2D eigenvalue weighted by atomic mass is 19.4. The van der Waals surface area contributed by atoms with Crippen LogP contribution < -0.4 is 10.6 Å². The van der Waals surface area contributed by atoms with Gasteiger partial charge in [-0.15, -0.1) is 0 Å². The normalized spacial score (nSPS) is 29.3. The van der Waals surface area contributed by atoms with Gasteiger partial charge in [-0.1, -0.05) is 6.58 Å². The third kappa shape index (κ3) is 4.43. The molecule has 4 atom stereocenters. The summed E-state index contributed by atoms with van der Waals surface area (Å²) < 4.78 is 43.6. The van der Waals surface area contributed by atoms with Crippen LogP contribution >= 0.6 is 0 Å². The van der Waals surface area contributed by atoms with Gasteiger partial charge in [0.25, 0.3) is 0 Å². The van der Waals surface area contributed by atoms with Gasteiger partial charge >= 0.3 is 6.18 Å². The maximum Gasteiger partial charge on any atom is 0.434 e. The Morgan fingerprint density at radius 2 is 2.00 bits per heavy atom. The predicted octanol–water partition coefficient (Wildman–Crippen LogP) is 0.910. The van der Waals surface area contributed by atoms with E-state index >= 15 is 0 Å². The minimum Gasteiger partial charge on any atom is -0.388 e. The Morgan fingerprint density at radius 3 is 2.65 bits per heavy atom. The first-order valence-electron chi connectivity index (χ1n) is 8.32. The van der Waals surface area contributed by atoms with Gasteiger partial charge in [0.15, 0.2) is 5.69 Å². The van der Waals surface area contributed by atoms with Crippen molar-refractivity contribution in [1.29, 1.82) is 0 Å². The average Bonchev–Trinajstić information content (AvgIpc) is 3.43. The molecule has 0 amide bonds. The molecule has 1 aliphatic carbocycles. The third-order valence-corrected chi connectivity index (χ3v) is 4.49. The number of nitrogens with zero attached hydrogens (tertiary/aromatic N) is 2. The maximum absolute atomic E-state index is 12.7. The molecule has 10 heteroatoms. The molecule has 3 rings (SSSR count). The van der Waals surface area contributed by atoms with E-state index in [2.05, 4.69) is 27.2 Å².